The first-order valence-electron chi connectivity index (χ1n) is 8.42. The second-order valence-corrected chi connectivity index (χ2v) is 6.82. The first-order valence-corrected chi connectivity index (χ1v) is 8.42. The molecule has 2 atom stereocenters. The van der Waals surface area contributed by atoms with Crippen LogP contribution in [0.25, 0.3) is 0 Å². The van der Waals surface area contributed by atoms with E-state index in [1.807, 2.05) is 0 Å². The lowest BCUT2D eigenvalue weighted by atomic mass is 9.83. The molecular weight excluding hydrogens is 266 g/mol. The molecule has 0 bridgehead atoms. The van der Waals surface area contributed by atoms with Gasteiger partial charge in [-0.05, 0) is 52.0 Å². The van der Waals surface area contributed by atoms with Crippen molar-refractivity contribution in [2.24, 2.45) is 11.7 Å². The molecule has 1 saturated carbocycles. The molecule has 0 aromatic rings. The van der Waals surface area contributed by atoms with Gasteiger partial charge in [-0.25, -0.2) is 0 Å². The summed E-state index contributed by atoms with van der Waals surface area (Å²) in [6.07, 6.45) is 5.23. The molecule has 2 unspecified atom stereocenters. The fourth-order valence-electron chi connectivity index (χ4n) is 3.93. The lowest BCUT2D eigenvalue weighted by molar-refractivity contribution is -0.126. The van der Waals surface area contributed by atoms with Crippen molar-refractivity contribution in [1.82, 2.24) is 10.2 Å². The number of amides is 1. The Balaban J connectivity index is 1.94. The fraction of sp³-hybridized carbons (Fsp3) is 0.938. The van der Waals surface area contributed by atoms with Crippen molar-refractivity contribution < 1.29 is 9.53 Å². The predicted octanol–water partition coefficient (Wildman–Crippen LogP) is 1.12. The fourth-order valence-corrected chi connectivity index (χ4v) is 3.93. The number of rotatable bonds is 6. The zero-order valence-electron chi connectivity index (χ0n) is 13.6. The van der Waals surface area contributed by atoms with Gasteiger partial charge in [-0.3, -0.25) is 4.79 Å². The molecule has 1 aliphatic carbocycles. The normalized spacial score (nSPS) is 31.5. The molecule has 1 amide bonds. The van der Waals surface area contributed by atoms with Crippen LogP contribution in [0.4, 0.5) is 0 Å². The maximum absolute atomic E-state index is 12.1. The summed E-state index contributed by atoms with van der Waals surface area (Å²) in [5.41, 5.74) is 5.28. The third kappa shape index (κ3) is 4.18. The first-order chi connectivity index (χ1) is 10.0. The van der Waals surface area contributed by atoms with E-state index in [-0.39, 0.29) is 11.9 Å². The summed E-state index contributed by atoms with van der Waals surface area (Å²) in [4.78, 5) is 14.6. The number of hydrogen-bond acceptors (Lipinski definition) is 4. The van der Waals surface area contributed by atoms with Gasteiger partial charge in [0.05, 0.1) is 6.61 Å². The maximum Gasteiger partial charge on any atom is 0.238 e. The minimum Gasteiger partial charge on any atom is -0.380 e. The van der Waals surface area contributed by atoms with Gasteiger partial charge < -0.3 is 20.7 Å². The van der Waals surface area contributed by atoms with E-state index in [0.29, 0.717) is 5.92 Å². The van der Waals surface area contributed by atoms with E-state index in [9.17, 15) is 4.79 Å². The van der Waals surface area contributed by atoms with Crippen LogP contribution in [0.15, 0.2) is 0 Å². The van der Waals surface area contributed by atoms with Crippen molar-refractivity contribution in [3.8, 4) is 0 Å². The topological polar surface area (TPSA) is 67.6 Å². The third-order valence-electron chi connectivity index (χ3n) is 4.92. The van der Waals surface area contributed by atoms with Gasteiger partial charge in [0.1, 0.15) is 5.54 Å². The average molecular weight is 297 g/mol. The van der Waals surface area contributed by atoms with E-state index in [1.54, 1.807) is 0 Å². The Bertz CT molecular complexity index is 340. The van der Waals surface area contributed by atoms with Crippen LogP contribution in [0.5, 0.6) is 0 Å². The molecule has 0 radical (unpaired) electrons. The molecule has 1 heterocycles. The van der Waals surface area contributed by atoms with Crippen molar-refractivity contribution in [3.05, 3.63) is 0 Å². The van der Waals surface area contributed by atoms with Gasteiger partial charge in [0.25, 0.3) is 0 Å². The van der Waals surface area contributed by atoms with Crippen LogP contribution in [0, 0.1) is 5.92 Å². The Morgan fingerprint density at radius 1 is 1.38 bits per heavy atom. The SMILES string of the molecule is CC(C)NC1(C(N)=O)CCCC1CCN1CCCOCC1. The van der Waals surface area contributed by atoms with Crippen LogP contribution < -0.4 is 11.1 Å². The molecule has 0 spiro atoms. The second kappa shape index (κ2) is 7.56. The van der Waals surface area contributed by atoms with Gasteiger partial charge in [-0.15, -0.1) is 0 Å². The highest BCUT2D eigenvalue weighted by Gasteiger charge is 2.47. The number of ether oxygens (including phenoxy) is 1. The summed E-state index contributed by atoms with van der Waals surface area (Å²) in [7, 11) is 0. The highest BCUT2D eigenvalue weighted by molar-refractivity contribution is 5.85. The van der Waals surface area contributed by atoms with Gasteiger partial charge in [-0.1, -0.05) is 6.42 Å². The highest BCUT2D eigenvalue weighted by atomic mass is 16.5. The van der Waals surface area contributed by atoms with Crippen molar-refractivity contribution in [1.29, 1.82) is 0 Å². The Labute approximate surface area is 128 Å². The van der Waals surface area contributed by atoms with Gasteiger partial charge >= 0.3 is 0 Å². The molecule has 5 heteroatoms. The molecule has 1 saturated heterocycles. The van der Waals surface area contributed by atoms with E-state index in [1.165, 1.54) is 0 Å². The predicted molar refractivity (Wildman–Crippen MR) is 84.0 cm³/mol. The molecule has 3 N–H and O–H groups in total. The summed E-state index contributed by atoms with van der Waals surface area (Å²) < 4.78 is 5.50. The Morgan fingerprint density at radius 3 is 2.90 bits per heavy atom. The Kier molecular flexibility index (Phi) is 6.02. The second-order valence-electron chi connectivity index (χ2n) is 6.82. The number of nitrogens with zero attached hydrogens (tertiary/aromatic N) is 1. The zero-order chi connectivity index (χ0) is 15.3. The van der Waals surface area contributed by atoms with Crippen molar-refractivity contribution in [2.45, 2.75) is 57.5 Å². The number of carbonyl (C=O) groups excluding carboxylic acids is 1. The van der Waals surface area contributed by atoms with E-state index < -0.39 is 5.54 Å². The number of nitrogens with two attached hydrogens (primary N) is 1. The number of hydrogen-bond donors (Lipinski definition) is 2. The number of primary amides is 1. The van der Waals surface area contributed by atoms with Crippen LogP contribution in [0.1, 0.15) is 46.0 Å². The van der Waals surface area contributed by atoms with E-state index in [0.717, 1.165) is 65.0 Å². The van der Waals surface area contributed by atoms with Crippen LogP contribution >= 0.6 is 0 Å². The number of carbonyl (C=O) groups is 1. The van der Waals surface area contributed by atoms with Crippen molar-refractivity contribution in [2.75, 3.05) is 32.8 Å². The Morgan fingerprint density at radius 2 is 2.19 bits per heavy atom. The van der Waals surface area contributed by atoms with Crippen LogP contribution in [-0.2, 0) is 9.53 Å². The van der Waals surface area contributed by atoms with Gasteiger partial charge in [-0.2, -0.15) is 0 Å². The monoisotopic (exact) mass is 297 g/mol. The smallest absolute Gasteiger partial charge is 0.238 e. The third-order valence-corrected chi connectivity index (χ3v) is 4.92. The molecule has 0 aromatic carbocycles. The minimum atomic E-state index is -0.490. The molecular formula is C16H31N3O2. The van der Waals surface area contributed by atoms with Crippen molar-refractivity contribution in [3.63, 3.8) is 0 Å². The number of nitrogens with one attached hydrogen (secondary N) is 1. The molecule has 2 aliphatic rings. The summed E-state index contributed by atoms with van der Waals surface area (Å²) in [6.45, 7) is 9.04. The minimum absolute atomic E-state index is 0.169. The van der Waals surface area contributed by atoms with Gasteiger partial charge in [0.15, 0.2) is 0 Å². The first kappa shape index (κ1) is 16.7. The van der Waals surface area contributed by atoms with Crippen molar-refractivity contribution >= 4 is 5.91 Å². The molecule has 2 fully saturated rings. The standard InChI is InChI=1S/C16H31N3O2/c1-13(2)18-16(15(17)20)7-3-5-14(16)6-9-19-8-4-11-21-12-10-19/h13-14,18H,3-12H2,1-2H3,(H2,17,20). The van der Waals surface area contributed by atoms with E-state index in [2.05, 4.69) is 24.1 Å². The Hall–Kier alpha value is -0.650. The molecule has 1 aliphatic heterocycles. The largest absolute Gasteiger partial charge is 0.380 e. The molecule has 21 heavy (non-hydrogen) atoms. The zero-order valence-corrected chi connectivity index (χ0v) is 13.6. The highest BCUT2D eigenvalue weighted by Crippen LogP contribution is 2.38. The van der Waals surface area contributed by atoms with Crippen LogP contribution in [0.3, 0.4) is 0 Å². The van der Waals surface area contributed by atoms with Crippen LogP contribution in [-0.4, -0.2) is 55.2 Å². The molecule has 5 nitrogen and oxygen atoms in total. The van der Waals surface area contributed by atoms with Gasteiger partial charge in [0.2, 0.25) is 5.91 Å². The molecule has 2 rings (SSSR count). The summed E-state index contributed by atoms with van der Waals surface area (Å²) in [6, 6.07) is 0.282. The maximum atomic E-state index is 12.1. The van der Waals surface area contributed by atoms with E-state index in [4.69, 9.17) is 10.5 Å². The summed E-state index contributed by atoms with van der Waals surface area (Å²) in [5, 5.41) is 3.49. The molecule has 122 valence electrons. The summed E-state index contributed by atoms with van der Waals surface area (Å²) >= 11 is 0. The average Bonchev–Trinajstić information content (AvgIpc) is 2.66. The lowest BCUT2D eigenvalue weighted by Crippen LogP contribution is -2.60. The van der Waals surface area contributed by atoms with Gasteiger partial charge in [0, 0.05) is 25.7 Å². The molecule has 0 aromatic heterocycles. The van der Waals surface area contributed by atoms with Crippen LogP contribution in [0.2, 0.25) is 0 Å². The quantitative estimate of drug-likeness (QED) is 0.771. The van der Waals surface area contributed by atoms with E-state index >= 15 is 0 Å². The summed E-state index contributed by atoms with van der Waals surface area (Å²) in [5.74, 6) is 0.194. The lowest BCUT2D eigenvalue weighted by Gasteiger charge is -2.36.